The van der Waals surface area contributed by atoms with E-state index >= 15 is 0 Å². The molecule has 0 unspecified atom stereocenters. The lowest BCUT2D eigenvalue weighted by Crippen LogP contribution is -2.12. The van der Waals surface area contributed by atoms with Gasteiger partial charge >= 0.3 is 0 Å². The van der Waals surface area contributed by atoms with Crippen molar-refractivity contribution in [2.45, 2.75) is 6.92 Å². The Labute approximate surface area is 116 Å². The SMILES string of the molecule is CCOc1cccc(C(=O)Nc2cc(Cl)ccn2)c1. The van der Waals surface area contributed by atoms with E-state index in [0.29, 0.717) is 28.8 Å². The lowest BCUT2D eigenvalue weighted by molar-refractivity contribution is 0.102. The Hall–Kier alpha value is -2.07. The Balaban J connectivity index is 2.13. The van der Waals surface area contributed by atoms with E-state index in [1.165, 1.54) is 6.20 Å². The molecule has 0 aliphatic carbocycles. The van der Waals surface area contributed by atoms with Crippen LogP contribution in [0.5, 0.6) is 5.75 Å². The zero-order chi connectivity index (χ0) is 13.7. The van der Waals surface area contributed by atoms with E-state index < -0.39 is 0 Å². The van der Waals surface area contributed by atoms with Crippen molar-refractivity contribution in [3.8, 4) is 5.75 Å². The van der Waals surface area contributed by atoms with Gasteiger partial charge in [-0.25, -0.2) is 4.98 Å². The summed E-state index contributed by atoms with van der Waals surface area (Å²) < 4.78 is 5.35. The zero-order valence-corrected chi connectivity index (χ0v) is 11.1. The number of hydrogen-bond donors (Lipinski definition) is 1. The molecule has 5 heteroatoms. The first-order valence-corrected chi connectivity index (χ1v) is 6.22. The van der Waals surface area contributed by atoms with E-state index in [4.69, 9.17) is 16.3 Å². The fourth-order valence-electron chi connectivity index (χ4n) is 1.56. The molecule has 0 atom stereocenters. The minimum Gasteiger partial charge on any atom is -0.494 e. The van der Waals surface area contributed by atoms with Gasteiger partial charge in [0.2, 0.25) is 0 Å². The molecular weight excluding hydrogens is 264 g/mol. The van der Waals surface area contributed by atoms with E-state index in [2.05, 4.69) is 10.3 Å². The Morgan fingerprint density at radius 2 is 2.21 bits per heavy atom. The Morgan fingerprint density at radius 3 is 2.95 bits per heavy atom. The van der Waals surface area contributed by atoms with Crippen molar-refractivity contribution < 1.29 is 9.53 Å². The Kier molecular flexibility index (Phi) is 4.36. The van der Waals surface area contributed by atoms with Crippen molar-refractivity contribution in [2.24, 2.45) is 0 Å². The number of hydrogen-bond acceptors (Lipinski definition) is 3. The fourth-order valence-corrected chi connectivity index (χ4v) is 1.72. The molecule has 1 aromatic carbocycles. The second kappa shape index (κ2) is 6.20. The predicted molar refractivity (Wildman–Crippen MR) is 74.8 cm³/mol. The van der Waals surface area contributed by atoms with Crippen molar-refractivity contribution in [1.82, 2.24) is 4.98 Å². The van der Waals surface area contributed by atoms with Crippen molar-refractivity contribution >= 4 is 23.3 Å². The summed E-state index contributed by atoms with van der Waals surface area (Å²) in [5.74, 6) is 0.824. The van der Waals surface area contributed by atoms with Crippen LogP contribution in [0, 0.1) is 0 Å². The van der Waals surface area contributed by atoms with Crippen LogP contribution in [0.1, 0.15) is 17.3 Å². The molecule has 1 aromatic heterocycles. The molecule has 1 N–H and O–H groups in total. The topological polar surface area (TPSA) is 51.2 Å². The third kappa shape index (κ3) is 3.69. The average Bonchev–Trinajstić information content (AvgIpc) is 2.39. The van der Waals surface area contributed by atoms with Crippen LogP contribution >= 0.6 is 11.6 Å². The number of carbonyl (C=O) groups is 1. The molecule has 0 aliphatic rings. The first kappa shape index (κ1) is 13.4. The third-order valence-corrected chi connectivity index (χ3v) is 2.61. The smallest absolute Gasteiger partial charge is 0.256 e. The monoisotopic (exact) mass is 276 g/mol. The molecule has 1 heterocycles. The second-order valence-electron chi connectivity index (χ2n) is 3.77. The summed E-state index contributed by atoms with van der Waals surface area (Å²) in [7, 11) is 0. The van der Waals surface area contributed by atoms with Gasteiger partial charge in [-0.15, -0.1) is 0 Å². The van der Waals surface area contributed by atoms with Gasteiger partial charge < -0.3 is 10.1 Å². The van der Waals surface area contributed by atoms with Gasteiger partial charge in [-0.2, -0.15) is 0 Å². The second-order valence-corrected chi connectivity index (χ2v) is 4.21. The molecule has 0 saturated carbocycles. The molecule has 0 fully saturated rings. The van der Waals surface area contributed by atoms with Gasteiger partial charge in [0, 0.05) is 16.8 Å². The maximum Gasteiger partial charge on any atom is 0.256 e. The van der Waals surface area contributed by atoms with Crippen molar-refractivity contribution in [3.05, 3.63) is 53.2 Å². The number of carbonyl (C=O) groups excluding carboxylic acids is 1. The molecular formula is C14H13ClN2O2. The number of rotatable bonds is 4. The van der Waals surface area contributed by atoms with Crippen LogP contribution in [0.15, 0.2) is 42.6 Å². The minimum atomic E-state index is -0.253. The van der Waals surface area contributed by atoms with Crippen LogP contribution in [-0.4, -0.2) is 17.5 Å². The number of amides is 1. The standard InChI is InChI=1S/C14H13ClN2O2/c1-2-19-12-5-3-4-10(8-12)14(18)17-13-9-11(15)6-7-16-13/h3-9H,2H2,1H3,(H,16,17,18). The highest BCUT2D eigenvalue weighted by molar-refractivity contribution is 6.30. The third-order valence-electron chi connectivity index (χ3n) is 2.37. The van der Waals surface area contributed by atoms with Crippen molar-refractivity contribution in [1.29, 1.82) is 0 Å². The molecule has 2 rings (SSSR count). The highest BCUT2D eigenvalue weighted by Gasteiger charge is 2.08. The predicted octanol–water partition coefficient (Wildman–Crippen LogP) is 3.39. The number of aromatic nitrogens is 1. The average molecular weight is 277 g/mol. The Morgan fingerprint density at radius 1 is 1.37 bits per heavy atom. The highest BCUT2D eigenvalue weighted by atomic mass is 35.5. The van der Waals surface area contributed by atoms with Gasteiger partial charge in [0.05, 0.1) is 6.61 Å². The molecule has 98 valence electrons. The van der Waals surface area contributed by atoms with E-state index in [-0.39, 0.29) is 5.91 Å². The van der Waals surface area contributed by atoms with Crippen LogP contribution in [0.2, 0.25) is 5.02 Å². The maximum atomic E-state index is 12.0. The van der Waals surface area contributed by atoms with Crippen LogP contribution < -0.4 is 10.1 Å². The first-order valence-electron chi connectivity index (χ1n) is 5.85. The molecule has 0 bridgehead atoms. The van der Waals surface area contributed by atoms with E-state index in [9.17, 15) is 4.79 Å². The lowest BCUT2D eigenvalue weighted by atomic mass is 10.2. The van der Waals surface area contributed by atoms with Gasteiger partial charge in [-0.05, 0) is 37.3 Å². The zero-order valence-electron chi connectivity index (χ0n) is 10.4. The largest absolute Gasteiger partial charge is 0.494 e. The summed E-state index contributed by atoms with van der Waals surface area (Å²) in [5.41, 5.74) is 0.507. The number of anilines is 1. The Bertz CT molecular complexity index is 587. The number of benzene rings is 1. The normalized spacial score (nSPS) is 10.0. The van der Waals surface area contributed by atoms with E-state index in [0.717, 1.165) is 0 Å². The van der Waals surface area contributed by atoms with Gasteiger partial charge in [0.25, 0.3) is 5.91 Å². The van der Waals surface area contributed by atoms with E-state index in [1.807, 2.05) is 6.92 Å². The molecule has 0 aliphatic heterocycles. The molecule has 2 aromatic rings. The van der Waals surface area contributed by atoms with Gasteiger partial charge in [0.1, 0.15) is 11.6 Å². The molecule has 0 spiro atoms. The number of pyridine rings is 1. The number of nitrogens with zero attached hydrogens (tertiary/aromatic N) is 1. The molecule has 0 radical (unpaired) electrons. The summed E-state index contributed by atoms with van der Waals surface area (Å²) in [4.78, 5) is 16.0. The number of ether oxygens (including phenoxy) is 1. The molecule has 1 amide bonds. The molecule has 4 nitrogen and oxygen atoms in total. The van der Waals surface area contributed by atoms with Crippen LogP contribution in [0.25, 0.3) is 0 Å². The van der Waals surface area contributed by atoms with Crippen molar-refractivity contribution in [2.75, 3.05) is 11.9 Å². The maximum absolute atomic E-state index is 12.0. The van der Waals surface area contributed by atoms with Gasteiger partial charge in [-0.1, -0.05) is 17.7 Å². The van der Waals surface area contributed by atoms with Gasteiger partial charge in [-0.3, -0.25) is 4.79 Å². The minimum absolute atomic E-state index is 0.253. The fraction of sp³-hybridized carbons (Fsp3) is 0.143. The number of nitrogens with one attached hydrogen (secondary N) is 1. The summed E-state index contributed by atoms with van der Waals surface area (Å²) in [6, 6.07) is 10.2. The van der Waals surface area contributed by atoms with Crippen LogP contribution in [-0.2, 0) is 0 Å². The van der Waals surface area contributed by atoms with Crippen LogP contribution in [0.3, 0.4) is 0 Å². The molecule has 0 saturated heterocycles. The lowest BCUT2D eigenvalue weighted by Gasteiger charge is -2.07. The highest BCUT2D eigenvalue weighted by Crippen LogP contribution is 2.16. The van der Waals surface area contributed by atoms with Gasteiger partial charge in [0.15, 0.2) is 0 Å². The number of halogens is 1. The van der Waals surface area contributed by atoms with Crippen LogP contribution in [0.4, 0.5) is 5.82 Å². The summed E-state index contributed by atoms with van der Waals surface area (Å²) >= 11 is 5.83. The summed E-state index contributed by atoms with van der Waals surface area (Å²) in [5, 5.41) is 3.20. The summed E-state index contributed by atoms with van der Waals surface area (Å²) in [6.45, 7) is 2.45. The quantitative estimate of drug-likeness (QED) is 0.931. The van der Waals surface area contributed by atoms with E-state index in [1.54, 1.807) is 36.4 Å². The first-order chi connectivity index (χ1) is 9.19. The molecule has 19 heavy (non-hydrogen) atoms. The summed E-state index contributed by atoms with van der Waals surface area (Å²) in [6.07, 6.45) is 1.54. The van der Waals surface area contributed by atoms with Crippen molar-refractivity contribution in [3.63, 3.8) is 0 Å².